The van der Waals surface area contributed by atoms with Gasteiger partial charge in [-0.2, -0.15) is 5.10 Å². The van der Waals surface area contributed by atoms with E-state index < -0.39 is 0 Å². The summed E-state index contributed by atoms with van der Waals surface area (Å²) in [6.07, 6.45) is 7.97. The fourth-order valence-electron chi connectivity index (χ4n) is 3.61. The highest BCUT2D eigenvalue weighted by Gasteiger charge is 2.42. The number of hydrogen-bond donors (Lipinski definition) is 2. The molecule has 0 saturated heterocycles. The largest absolute Gasteiger partial charge is 0.377 e. The number of nitrogens with one attached hydrogen (secondary N) is 1. The van der Waals surface area contributed by atoms with Crippen LogP contribution in [0.2, 0.25) is 0 Å². The summed E-state index contributed by atoms with van der Waals surface area (Å²) >= 11 is 0. The Kier molecular flexibility index (Phi) is 5.72. The first-order valence-electron chi connectivity index (χ1n) is 8.03. The van der Waals surface area contributed by atoms with Gasteiger partial charge in [0.1, 0.15) is 12.2 Å². The number of methoxy groups -OCH3 is 1. The molecule has 1 aromatic rings. The maximum atomic E-state index is 5.95. The van der Waals surface area contributed by atoms with Crippen molar-refractivity contribution in [2.75, 3.05) is 7.11 Å². The molecule has 1 fully saturated rings. The Morgan fingerprint density at radius 1 is 1.62 bits per heavy atom. The number of hydrogen-bond acceptors (Lipinski definition) is 5. The van der Waals surface area contributed by atoms with Crippen LogP contribution in [0, 0.1) is 5.92 Å². The third-order valence-corrected chi connectivity index (χ3v) is 4.75. The third-order valence-electron chi connectivity index (χ3n) is 4.75. The number of ether oxygens (including phenoxy) is 1. The first kappa shape index (κ1) is 16.4. The molecule has 1 saturated carbocycles. The van der Waals surface area contributed by atoms with Crippen molar-refractivity contribution in [2.24, 2.45) is 11.8 Å². The van der Waals surface area contributed by atoms with Gasteiger partial charge in [-0.15, -0.1) is 0 Å². The summed E-state index contributed by atoms with van der Waals surface area (Å²) < 4.78 is 7.92. The van der Waals surface area contributed by atoms with Crippen LogP contribution in [0.25, 0.3) is 0 Å². The van der Waals surface area contributed by atoms with E-state index in [4.69, 9.17) is 10.6 Å². The highest BCUT2D eigenvalue weighted by atomic mass is 16.5. The van der Waals surface area contributed by atoms with Crippen molar-refractivity contribution in [3.8, 4) is 0 Å². The SMILES string of the molecule is CCCn1ncnc1CC(NN)C1(OC)CCCC(C)C1. The zero-order valence-corrected chi connectivity index (χ0v) is 13.5. The predicted molar refractivity (Wildman–Crippen MR) is 82.5 cm³/mol. The molecule has 1 heterocycles. The third kappa shape index (κ3) is 3.62. The van der Waals surface area contributed by atoms with E-state index in [0.29, 0.717) is 5.92 Å². The molecule has 21 heavy (non-hydrogen) atoms. The average Bonchev–Trinajstić information content (AvgIpc) is 2.92. The Morgan fingerprint density at radius 3 is 3.05 bits per heavy atom. The lowest BCUT2D eigenvalue weighted by Crippen LogP contribution is -2.57. The molecule has 3 atom stereocenters. The van der Waals surface area contributed by atoms with Crippen molar-refractivity contribution in [3.05, 3.63) is 12.2 Å². The van der Waals surface area contributed by atoms with E-state index in [1.54, 1.807) is 13.4 Å². The number of aromatic nitrogens is 3. The van der Waals surface area contributed by atoms with Gasteiger partial charge in [-0.3, -0.25) is 16.0 Å². The fraction of sp³-hybridized carbons (Fsp3) is 0.867. The Balaban J connectivity index is 2.15. The molecule has 0 spiro atoms. The quantitative estimate of drug-likeness (QED) is 0.591. The Bertz CT molecular complexity index is 435. The van der Waals surface area contributed by atoms with E-state index in [9.17, 15) is 0 Å². The van der Waals surface area contributed by atoms with Gasteiger partial charge in [-0.25, -0.2) is 4.98 Å². The van der Waals surface area contributed by atoms with Crippen molar-refractivity contribution in [2.45, 2.75) is 70.6 Å². The molecule has 1 aliphatic rings. The summed E-state index contributed by atoms with van der Waals surface area (Å²) in [4.78, 5) is 4.40. The van der Waals surface area contributed by atoms with Crippen LogP contribution in [-0.4, -0.2) is 33.5 Å². The van der Waals surface area contributed by atoms with E-state index in [-0.39, 0.29) is 11.6 Å². The summed E-state index contributed by atoms with van der Waals surface area (Å²) in [5, 5.41) is 4.30. The van der Waals surface area contributed by atoms with Gasteiger partial charge in [0.05, 0.1) is 11.6 Å². The van der Waals surface area contributed by atoms with Crippen molar-refractivity contribution >= 4 is 0 Å². The molecule has 6 nitrogen and oxygen atoms in total. The molecule has 0 amide bonds. The Labute approximate surface area is 127 Å². The highest BCUT2D eigenvalue weighted by Crippen LogP contribution is 2.37. The number of aryl methyl sites for hydroxylation is 1. The van der Waals surface area contributed by atoms with Gasteiger partial charge < -0.3 is 4.74 Å². The van der Waals surface area contributed by atoms with Crippen LogP contribution >= 0.6 is 0 Å². The van der Waals surface area contributed by atoms with Crippen LogP contribution in [0.1, 0.15) is 51.8 Å². The molecule has 0 aromatic carbocycles. The summed E-state index contributed by atoms with van der Waals surface area (Å²) in [6, 6.07) is 0.0602. The van der Waals surface area contributed by atoms with Crippen LogP contribution in [0.15, 0.2) is 6.33 Å². The van der Waals surface area contributed by atoms with E-state index >= 15 is 0 Å². The Morgan fingerprint density at radius 2 is 2.43 bits per heavy atom. The van der Waals surface area contributed by atoms with Gasteiger partial charge in [0, 0.05) is 20.1 Å². The highest BCUT2D eigenvalue weighted by molar-refractivity contribution is 5.01. The second kappa shape index (κ2) is 7.33. The van der Waals surface area contributed by atoms with Crippen LogP contribution in [0.3, 0.4) is 0 Å². The molecular formula is C15H29N5O. The normalized spacial score (nSPS) is 27.7. The predicted octanol–water partition coefficient (Wildman–Crippen LogP) is 1.66. The van der Waals surface area contributed by atoms with E-state index in [1.807, 2.05) is 4.68 Å². The summed E-state index contributed by atoms with van der Waals surface area (Å²) in [6.45, 7) is 5.33. The number of nitrogens with two attached hydrogens (primary N) is 1. The molecule has 6 heteroatoms. The van der Waals surface area contributed by atoms with Crippen LogP contribution in [0.4, 0.5) is 0 Å². The summed E-state index contributed by atoms with van der Waals surface area (Å²) in [5.41, 5.74) is 2.79. The first-order valence-corrected chi connectivity index (χ1v) is 8.03. The lowest BCUT2D eigenvalue weighted by molar-refractivity contribution is -0.0796. The monoisotopic (exact) mass is 295 g/mol. The minimum atomic E-state index is -0.199. The number of rotatable bonds is 7. The second-order valence-electron chi connectivity index (χ2n) is 6.29. The summed E-state index contributed by atoms with van der Waals surface area (Å²) in [7, 11) is 1.80. The van der Waals surface area contributed by atoms with Crippen molar-refractivity contribution < 1.29 is 4.74 Å². The Hall–Kier alpha value is -0.980. The van der Waals surface area contributed by atoms with E-state index in [0.717, 1.165) is 38.1 Å². The maximum absolute atomic E-state index is 5.95. The van der Waals surface area contributed by atoms with Gasteiger partial charge in [-0.1, -0.05) is 26.7 Å². The molecule has 0 aliphatic heterocycles. The zero-order chi connectivity index (χ0) is 15.3. The standard InChI is InChI=1S/C15H29N5O/c1-4-8-20-14(17-11-18-20)9-13(19-16)15(21-3)7-5-6-12(2)10-15/h11-13,19H,4-10,16H2,1-3H3. The van der Waals surface area contributed by atoms with Crippen LogP contribution in [-0.2, 0) is 17.7 Å². The molecule has 1 aliphatic carbocycles. The molecule has 3 unspecified atom stereocenters. The van der Waals surface area contributed by atoms with Gasteiger partial charge >= 0.3 is 0 Å². The molecule has 1 aromatic heterocycles. The zero-order valence-electron chi connectivity index (χ0n) is 13.5. The molecule has 0 bridgehead atoms. The van der Waals surface area contributed by atoms with Gasteiger partial charge in [-0.05, 0) is 25.2 Å². The minimum Gasteiger partial charge on any atom is -0.377 e. The topological polar surface area (TPSA) is 78.0 Å². The second-order valence-corrected chi connectivity index (χ2v) is 6.29. The van der Waals surface area contributed by atoms with E-state index in [1.165, 1.54) is 12.8 Å². The maximum Gasteiger partial charge on any atom is 0.138 e. The molecular weight excluding hydrogens is 266 g/mol. The lowest BCUT2D eigenvalue weighted by Gasteiger charge is -2.44. The molecule has 3 N–H and O–H groups in total. The van der Waals surface area contributed by atoms with Gasteiger partial charge in [0.2, 0.25) is 0 Å². The fourth-order valence-corrected chi connectivity index (χ4v) is 3.61. The number of hydrazine groups is 1. The minimum absolute atomic E-state index is 0.0602. The van der Waals surface area contributed by atoms with Gasteiger partial charge in [0.25, 0.3) is 0 Å². The van der Waals surface area contributed by atoms with Gasteiger partial charge in [0.15, 0.2) is 0 Å². The molecule has 2 rings (SSSR count). The average molecular weight is 295 g/mol. The molecule has 120 valence electrons. The smallest absolute Gasteiger partial charge is 0.138 e. The van der Waals surface area contributed by atoms with Crippen molar-refractivity contribution in [1.29, 1.82) is 0 Å². The van der Waals surface area contributed by atoms with E-state index in [2.05, 4.69) is 29.4 Å². The van der Waals surface area contributed by atoms with Crippen LogP contribution < -0.4 is 11.3 Å². The first-order chi connectivity index (χ1) is 10.1. The lowest BCUT2D eigenvalue weighted by atomic mass is 9.74. The van der Waals surface area contributed by atoms with Crippen molar-refractivity contribution in [1.82, 2.24) is 20.2 Å². The van der Waals surface area contributed by atoms with Crippen molar-refractivity contribution in [3.63, 3.8) is 0 Å². The van der Waals surface area contributed by atoms with Crippen LogP contribution in [0.5, 0.6) is 0 Å². The number of nitrogens with zero attached hydrogens (tertiary/aromatic N) is 3. The molecule has 0 radical (unpaired) electrons. The summed E-state index contributed by atoms with van der Waals surface area (Å²) in [5.74, 6) is 7.51.